The van der Waals surface area contributed by atoms with Crippen LogP contribution >= 0.6 is 62.5 Å². The molecule has 0 saturated carbocycles. The zero-order valence-corrected chi connectivity index (χ0v) is 19.7. The van der Waals surface area contributed by atoms with Gasteiger partial charge in [0.25, 0.3) is 16.8 Å². The van der Waals surface area contributed by atoms with Gasteiger partial charge in [0.1, 0.15) is 11.6 Å². The number of rotatable bonds is 5. The first-order chi connectivity index (χ1) is 14.6. The van der Waals surface area contributed by atoms with Gasteiger partial charge in [-0.3, -0.25) is 29.4 Å². The molecule has 0 aliphatic carbocycles. The molecule has 0 unspecified atom stereocenters. The maximum absolute atomic E-state index is 12.6. The van der Waals surface area contributed by atoms with Gasteiger partial charge >= 0.3 is 0 Å². The number of imide groups is 1. The van der Waals surface area contributed by atoms with Crippen LogP contribution in [0.4, 0.5) is 16.2 Å². The Morgan fingerprint density at radius 2 is 1.87 bits per heavy atom. The fourth-order valence-electron chi connectivity index (χ4n) is 2.50. The van der Waals surface area contributed by atoms with Crippen LogP contribution < -0.4 is 5.32 Å². The summed E-state index contributed by atoms with van der Waals surface area (Å²) < 4.78 is 0.643. The van der Waals surface area contributed by atoms with Gasteiger partial charge in [0.15, 0.2) is 0 Å². The summed E-state index contributed by atoms with van der Waals surface area (Å²) in [5, 5.41) is 13.2. The number of carbonyl (C=O) groups excluding carboxylic acids is 3. The van der Waals surface area contributed by atoms with Gasteiger partial charge in [-0.05, 0) is 58.0 Å². The minimum absolute atomic E-state index is 0.0389. The van der Waals surface area contributed by atoms with Crippen molar-refractivity contribution in [2.45, 2.75) is 0 Å². The summed E-state index contributed by atoms with van der Waals surface area (Å²) >= 11 is 21.6. The van der Waals surface area contributed by atoms with E-state index in [2.05, 4.69) is 21.2 Å². The second-order valence-electron chi connectivity index (χ2n) is 6.03. The third kappa shape index (κ3) is 5.39. The fraction of sp³-hybridized carbons (Fsp3) is 0.0556. The van der Waals surface area contributed by atoms with Gasteiger partial charge in [-0.2, -0.15) is 0 Å². The average Bonchev–Trinajstić information content (AvgIpc) is 2.94. The lowest BCUT2D eigenvalue weighted by molar-refractivity contribution is -0.384. The van der Waals surface area contributed by atoms with Crippen LogP contribution in [0.1, 0.15) is 5.56 Å². The number of benzene rings is 2. The van der Waals surface area contributed by atoms with E-state index in [0.717, 1.165) is 11.0 Å². The molecule has 1 fully saturated rings. The van der Waals surface area contributed by atoms with Crippen LogP contribution in [0.2, 0.25) is 15.1 Å². The van der Waals surface area contributed by atoms with Gasteiger partial charge in [-0.15, -0.1) is 0 Å². The first kappa shape index (κ1) is 23.6. The molecule has 0 bridgehead atoms. The van der Waals surface area contributed by atoms with E-state index in [1.807, 2.05) is 0 Å². The monoisotopic (exact) mass is 563 g/mol. The van der Waals surface area contributed by atoms with Crippen molar-refractivity contribution in [1.29, 1.82) is 0 Å². The fourth-order valence-corrected chi connectivity index (χ4v) is 4.26. The maximum Gasteiger partial charge on any atom is 0.294 e. The van der Waals surface area contributed by atoms with E-state index in [4.69, 9.17) is 34.8 Å². The quantitative estimate of drug-likeness (QED) is 0.271. The Morgan fingerprint density at radius 3 is 2.52 bits per heavy atom. The third-order valence-corrected chi connectivity index (χ3v) is 6.70. The van der Waals surface area contributed by atoms with E-state index >= 15 is 0 Å². The summed E-state index contributed by atoms with van der Waals surface area (Å²) in [6, 6.07) is 7.01. The zero-order valence-electron chi connectivity index (χ0n) is 15.0. The Balaban J connectivity index is 1.78. The summed E-state index contributed by atoms with van der Waals surface area (Å²) in [5.41, 5.74) is 0.127. The number of halogens is 4. The van der Waals surface area contributed by atoms with E-state index in [0.29, 0.717) is 26.9 Å². The Morgan fingerprint density at radius 1 is 1.16 bits per heavy atom. The van der Waals surface area contributed by atoms with Gasteiger partial charge in [-0.25, -0.2) is 0 Å². The number of anilines is 1. The molecule has 1 saturated heterocycles. The molecule has 160 valence electrons. The second kappa shape index (κ2) is 9.58. The van der Waals surface area contributed by atoms with Crippen molar-refractivity contribution in [1.82, 2.24) is 4.90 Å². The highest BCUT2D eigenvalue weighted by Crippen LogP contribution is 2.36. The van der Waals surface area contributed by atoms with Crippen molar-refractivity contribution < 1.29 is 19.3 Å². The number of nitrogens with zero attached hydrogens (tertiary/aromatic N) is 2. The van der Waals surface area contributed by atoms with Crippen LogP contribution in [0.5, 0.6) is 0 Å². The first-order valence-corrected chi connectivity index (χ1v) is 10.9. The van der Waals surface area contributed by atoms with Crippen molar-refractivity contribution in [3.63, 3.8) is 0 Å². The highest BCUT2D eigenvalue weighted by Gasteiger charge is 2.36. The standard InChI is InChI=1S/C18H9BrCl3N3O5S/c19-10-2-1-9(5-12(10)21)23-16(26)7-24-17(27)15(31-18(24)28)4-8-3-14(25(29)30)13(22)6-11(8)20/h1-6H,7H2,(H,23,26)/b15-4-. The number of amides is 3. The largest absolute Gasteiger partial charge is 0.324 e. The van der Waals surface area contributed by atoms with Crippen molar-refractivity contribution in [2.75, 3.05) is 11.9 Å². The van der Waals surface area contributed by atoms with Crippen molar-refractivity contribution >= 4 is 97.0 Å². The molecule has 1 aliphatic rings. The summed E-state index contributed by atoms with van der Waals surface area (Å²) in [6.45, 7) is -0.524. The molecule has 0 aromatic heterocycles. The van der Waals surface area contributed by atoms with Gasteiger partial charge in [0.05, 0.1) is 14.9 Å². The van der Waals surface area contributed by atoms with Gasteiger partial charge in [0.2, 0.25) is 5.91 Å². The number of hydrogen-bond acceptors (Lipinski definition) is 6. The number of nitro groups is 1. The highest BCUT2D eigenvalue weighted by molar-refractivity contribution is 9.10. The SMILES string of the molecule is O=C(CN1C(=O)S/C(=C\c2cc([N+](=O)[O-])c(Cl)cc2Cl)C1=O)Nc1ccc(Br)c(Cl)c1. The van der Waals surface area contributed by atoms with Crippen LogP contribution in [0, 0.1) is 10.1 Å². The van der Waals surface area contributed by atoms with Gasteiger partial charge < -0.3 is 5.32 Å². The van der Waals surface area contributed by atoms with E-state index in [1.54, 1.807) is 12.1 Å². The molecule has 2 aromatic carbocycles. The van der Waals surface area contributed by atoms with Gasteiger partial charge in [0, 0.05) is 26.8 Å². The molecular weight excluding hydrogens is 557 g/mol. The minimum Gasteiger partial charge on any atom is -0.324 e. The maximum atomic E-state index is 12.6. The van der Waals surface area contributed by atoms with E-state index in [9.17, 15) is 24.5 Å². The number of thioether (sulfide) groups is 1. The predicted octanol–water partition coefficient (Wildman–Crippen LogP) is 5.99. The number of nitrogens with one attached hydrogen (secondary N) is 1. The number of hydrogen-bond donors (Lipinski definition) is 1. The number of carbonyl (C=O) groups is 3. The Labute approximate surface area is 202 Å². The predicted molar refractivity (Wildman–Crippen MR) is 124 cm³/mol. The van der Waals surface area contributed by atoms with Crippen LogP contribution in [0.3, 0.4) is 0 Å². The van der Waals surface area contributed by atoms with Crippen LogP contribution in [-0.4, -0.2) is 33.4 Å². The molecule has 3 rings (SSSR count). The highest BCUT2D eigenvalue weighted by atomic mass is 79.9. The Kier molecular flexibility index (Phi) is 7.28. The first-order valence-electron chi connectivity index (χ1n) is 8.20. The smallest absolute Gasteiger partial charge is 0.294 e. The molecule has 1 aliphatic heterocycles. The molecule has 1 N–H and O–H groups in total. The van der Waals surface area contributed by atoms with E-state index in [-0.39, 0.29) is 20.5 Å². The summed E-state index contributed by atoms with van der Waals surface area (Å²) in [4.78, 5) is 48.2. The topological polar surface area (TPSA) is 110 Å². The molecule has 3 amide bonds. The van der Waals surface area contributed by atoms with Crippen molar-refractivity contribution in [3.8, 4) is 0 Å². The third-order valence-electron chi connectivity index (χ3n) is 3.93. The minimum atomic E-state index is -0.729. The van der Waals surface area contributed by atoms with Crippen molar-refractivity contribution in [2.24, 2.45) is 0 Å². The molecule has 8 nitrogen and oxygen atoms in total. The van der Waals surface area contributed by atoms with E-state index < -0.39 is 34.2 Å². The normalized spacial score (nSPS) is 15.0. The number of nitro benzene ring substituents is 1. The molecule has 1 heterocycles. The van der Waals surface area contributed by atoms with Gasteiger partial charge in [-0.1, -0.05) is 34.8 Å². The van der Waals surface area contributed by atoms with E-state index in [1.165, 1.54) is 18.2 Å². The van der Waals surface area contributed by atoms with Crippen LogP contribution in [0.15, 0.2) is 39.7 Å². The Bertz CT molecular complexity index is 1170. The van der Waals surface area contributed by atoms with Crippen LogP contribution in [-0.2, 0) is 9.59 Å². The van der Waals surface area contributed by atoms with Crippen molar-refractivity contribution in [3.05, 3.63) is 70.5 Å². The summed E-state index contributed by atoms with van der Waals surface area (Å²) in [7, 11) is 0. The lowest BCUT2D eigenvalue weighted by Gasteiger charge is -2.12. The van der Waals surface area contributed by atoms with Crippen LogP contribution in [0.25, 0.3) is 6.08 Å². The molecule has 13 heteroatoms. The average molecular weight is 566 g/mol. The molecule has 0 spiro atoms. The lowest BCUT2D eigenvalue weighted by Crippen LogP contribution is -2.36. The molecule has 0 atom stereocenters. The molecule has 2 aromatic rings. The molecule has 0 radical (unpaired) electrons. The Hall–Kier alpha value is -2.11. The summed E-state index contributed by atoms with van der Waals surface area (Å²) in [5.74, 6) is -1.34. The molecular formula is C18H9BrCl3N3O5S. The zero-order chi connectivity index (χ0) is 22.9. The molecule has 31 heavy (non-hydrogen) atoms. The summed E-state index contributed by atoms with van der Waals surface area (Å²) in [6.07, 6.45) is 1.24. The lowest BCUT2D eigenvalue weighted by atomic mass is 10.2. The second-order valence-corrected chi connectivity index (χ2v) is 9.10.